The maximum atomic E-state index is 9.36. The molecule has 0 saturated carbocycles. The van der Waals surface area contributed by atoms with Crippen molar-refractivity contribution in [3.8, 4) is 16.9 Å². The number of rotatable bonds is 2. The molecule has 2 N–H and O–H groups in total. The maximum absolute atomic E-state index is 9.36. The molecule has 19 heavy (non-hydrogen) atoms. The lowest BCUT2D eigenvalue weighted by Crippen LogP contribution is -1.93. The fourth-order valence-corrected chi connectivity index (χ4v) is 3.62. The van der Waals surface area contributed by atoms with Crippen LogP contribution in [0.5, 0.6) is 5.75 Å². The average molecular weight is 271 g/mol. The third kappa shape index (κ3) is 2.19. The first kappa shape index (κ1) is 12.1. The summed E-state index contributed by atoms with van der Waals surface area (Å²) in [7, 11) is 0. The van der Waals surface area contributed by atoms with E-state index in [0.717, 1.165) is 23.3 Å². The van der Waals surface area contributed by atoms with Crippen LogP contribution in [-0.4, -0.2) is 22.3 Å². The molecular weight excluding hydrogens is 258 g/mol. The molecule has 0 saturated heterocycles. The first-order valence-corrected chi connectivity index (χ1v) is 7.03. The molecule has 1 aliphatic heterocycles. The van der Waals surface area contributed by atoms with Crippen LogP contribution in [0.3, 0.4) is 0 Å². The van der Waals surface area contributed by atoms with Crippen LogP contribution in [0.1, 0.15) is 11.1 Å². The Hall–Kier alpha value is -1.94. The Labute approximate surface area is 115 Å². The minimum atomic E-state index is 0.275. The molecule has 2 aromatic carbocycles. The number of aromatic hydroxyl groups is 1. The van der Waals surface area contributed by atoms with Gasteiger partial charge in [0, 0.05) is 16.2 Å². The summed E-state index contributed by atoms with van der Waals surface area (Å²) >= 11 is 1.83. The van der Waals surface area contributed by atoms with Gasteiger partial charge in [-0.05, 0) is 35.2 Å². The van der Waals surface area contributed by atoms with Crippen molar-refractivity contribution in [3.63, 3.8) is 0 Å². The summed E-state index contributed by atoms with van der Waals surface area (Å²) in [6.45, 7) is 0. The van der Waals surface area contributed by atoms with Gasteiger partial charge in [0.2, 0.25) is 0 Å². The Bertz CT molecular complexity index is 635. The van der Waals surface area contributed by atoms with Crippen molar-refractivity contribution in [1.82, 2.24) is 0 Å². The van der Waals surface area contributed by atoms with E-state index in [2.05, 4.69) is 5.16 Å². The lowest BCUT2D eigenvalue weighted by atomic mass is 9.98. The maximum Gasteiger partial charge on any atom is 0.115 e. The van der Waals surface area contributed by atoms with Gasteiger partial charge in [-0.15, -0.1) is 11.8 Å². The highest BCUT2D eigenvalue weighted by molar-refractivity contribution is 7.99. The van der Waals surface area contributed by atoms with Gasteiger partial charge in [0.15, 0.2) is 0 Å². The number of hydrogen-bond acceptors (Lipinski definition) is 4. The van der Waals surface area contributed by atoms with Crippen LogP contribution in [-0.2, 0) is 6.42 Å². The van der Waals surface area contributed by atoms with Crippen molar-refractivity contribution in [2.24, 2.45) is 5.16 Å². The number of hydrogen-bond donors (Lipinski definition) is 2. The summed E-state index contributed by atoms with van der Waals surface area (Å²) in [6, 6.07) is 11.3. The first-order chi connectivity index (χ1) is 9.29. The van der Waals surface area contributed by atoms with Crippen molar-refractivity contribution in [3.05, 3.63) is 47.5 Å². The molecule has 2 aromatic rings. The van der Waals surface area contributed by atoms with Gasteiger partial charge in [-0.25, -0.2) is 0 Å². The van der Waals surface area contributed by atoms with E-state index in [9.17, 15) is 5.11 Å². The van der Waals surface area contributed by atoms with Gasteiger partial charge in [0.25, 0.3) is 0 Å². The zero-order chi connectivity index (χ0) is 13.2. The third-order valence-corrected chi connectivity index (χ3v) is 4.43. The Kier molecular flexibility index (Phi) is 3.17. The number of nitrogens with zero attached hydrogens (tertiary/aromatic N) is 1. The Morgan fingerprint density at radius 2 is 1.89 bits per heavy atom. The van der Waals surface area contributed by atoms with E-state index in [1.54, 1.807) is 12.1 Å². The molecule has 0 bridgehead atoms. The standard InChI is InChI=1S/C15H13NO2S/c17-12-4-1-10(2-5-12)13-6-3-11(9-16-18)14-7-8-19-15(13)14/h1-6,9,17-18H,7-8H2/b16-9+. The van der Waals surface area contributed by atoms with Crippen molar-refractivity contribution >= 4 is 18.0 Å². The zero-order valence-corrected chi connectivity index (χ0v) is 11.0. The number of oxime groups is 1. The second-order valence-corrected chi connectivity index (χ2v) is 5.51. The fraction of sp³-hybridized carbons (Fsp3) is 0.133. The quantitative estimate of drug-likeness (QED) is 0.499. The topological polar surface area (TPSA) is 52.8 Å². The monoisotopic (exact) mass is 271 g/mol. The van der Waals surface area contributed by atoms with Gasteiger partial charge in [-0.2, -0.15) is 0 Å². The third-order valence-electron chi connectivity index (χ3n) is 3.27. The molecule has 96 valence electrons. The zero-order valence-electron chi connectivity index (χ0n) is 10.2. The van der Waals surface area contributed by atoms with Crippen LogP contribution >= 0.6 is 11.8 Å². The van der Waals surface area contributed by atoms with Crippen molar-refractivity contribution in [2.45, 2.75) is 11.3 Å². The molecule has 0 atom stereocenters. The van der Waals surface area contributed by atoms with Crippen LogP contribution < -0.4 is 0 Å². The van der Waals surface area contributed by atoms with Crippen molar-refractivity contribution < 1.29 is 10.3 Å². The van der Waals surface area contributed by atoms with Gasteiger partial charge in [-0.1, -0.05) is 29.4 Å². The van der Waals surface area contributed by atoms with E-state index < -0.39 is 0 Å². The lowest BCUT2D eigenvalue weighted by molar-refractivity contribution is 0.322. The molecule has 3 rings (SSSR count). The summed E-state index contributed by atoms with van der Waals surface area (Å²) in [5.74, 6) is 1.33. The Morgan fingerprint density at radius 3 is 2.63 bits per heavy atom. The van der Waals surface area contributed by atoms with Gasteiger partial charge >= 0.3 is 0 Å². The molecular formula is C15H13NO2S. The second kappa shape index (κ2) is 4.97. The predicted molar refractivity (Wildman–Crippen MR) is 77.4 cm³/mol. The minimum Gasteiger partial charge on any atom is -0.508 e. The summed E-state index contributed by atoms with van der Waals surface area (Å²) in [5.41, 5.74) is 4.49. The number of benzene rings is 2. The molecule has 0 fully saturated rings. The van der Waals surface area contributed by atoms with E-state index in [4.69, 9.17) is 5.21 Å². The first-order valence-electron chi connectivity index (χ1n) is 6.05. The SMILES string of the molecule is O/N=C/c1ccc(-c2ccc(O)cc2)c2c1CCS2. The highest BCUT2D eigenvalue weighted by atomic mass is 32.2. The molecule has 1 aliphatic rings. The predicted octanol–water partition coefficient (Wildman–Crippen LogP) is 3.52. The van der Waals surface area contributed by atoms with Crippen LogP contribution in [0.2, 0.25) is 0 Å². The number of phenolic OH excluding ortho intramolecular Hbond substituents is 1. The van der Waals surface area contributed by atoms with Crippen LogP contribution in [0.15, 0.2) is 46.4 Å². The van der Waals surface area contributed by atoms with Gasteiger partial charge in [-0.3, -0.25) is 0 Å². The highest BCUT2D eigenvalue weighted by Crippen LogP contribution is 2.41. The van der Waals surface area contributed by atoms with Crippen molar-refractivity contribution in [2.75, 3.05) is 5.75 Å². The molecule has 0 amide bonds. The highest BCUT2D eigenvalue weighted by Gasteiger charge is 2.19. The number of phenols is 1. The molecule has 0 unspecified atom stereocenters. The summed E-state index contributed by atoms with van der Waals surface area (Å²) in [5, 5.41) is 21.2. The average Bonchev–Trinajstić information content (AvgIpc) is 2.90. The van der Waals surface area contributed by atoms with Crippen molar-refractivity contribution in [1.29, 1.82) is 0 Å². The fourth-order valence-electron chi connectivity index (χ4n) is 2.37. The Morgan fingerprint density at radius 1 is 1.11 bits per heavy atom. The molecule has 4 heteroatoms. The van der Waals surface area contributed by atoms with Gasteiger partial charge < -0.3 is 10.3 Å². The summed E-state index contributed by atoms with van der Waals surface area (Å²) in [6.07, 6.45) is 2.48. The molecule has 0 spiro atoms. The Balaban J connectivity index is 2.13. The molecule has 0 aliphatic carbocycles. The summed E-state index contributed by atoms with van der Waals surface area (Å²) < 4.78 is 0. The number of thioether (sulfide) groups is 1. The van der Waals surface area contributed by atoms with Gasteiger partial charge in [0.1, 0.15) is 5.75 Å². The van der Waals surface area contributed by atoms with E-state index in [1.807, 2.05) is 36.0 Å². The molecule has 1 heterocycles. The van der Waals surface area contributed by atoms with E-state index >= 15 is 0 Å². The van der Waals surface area contributed by atoms with Gasteiger partial charge in [0.05, 0.1) is 6.21 Å². The lowest BCUT2D eigenvalue weighted by Gasteiger charge is -2.10. The summed E-state index contributed by atoms with van der Waals surface area (Å²) in [4.78, 5) is 1.25. The molecule has 0 radical (unpaired) electrons. The largest absolute Gasteiger partial charge is 0.508 e. The van der Waals surface area contributed by atoms with E-state index in [1.165, 1.54) is 22.2 Å². The smallest absolute Gasteiger partial charge is 0.115 e. The van der Waals surface area contributed by atoms with E-state index in [-0.39, 0.29) is 5.75 Å². The minimum absolute atomic E-state index is 0.275. The normalized spacial score (nSPS) is 13.9. The van der Waals surface area contributed by atoms with Crippen LogP contribution in [0.4, 0.5) is 0 Å². The number of fused-ring (bicyclic) bond motifs is 1. The van der Waals surface area contributed by atoms with Crippen LogP contribution in [0, 0.1) is 0 Å². The molecule has 3 nitrogen and oxygen atoms in total. The molecule has 0 aromatic heterocycles. The van der Waals surface area contributed by atoms with E-state index in [0.29, 0.717) is 0 Å². The van der Waals surface area contributed by atoms with Crippen LogP contribution in [0.25, 0.3) is 11.1 Å². The second-order valence-electron chi connectivity index (χ2n) is 4.40.